The summed E-state index contributed by atoms with van der Waals surface area (Å²) in [5.74, 6) is 0. The van der Waals surface area contributed by atoms with Gasteiger partial charge in [0.25, 0.3) is 0 Å². The maximum absolute atomic E-state index is 10.5. The predicted molar refractivity (Wildman–Crippen MR) is 38.8 cm³/mol. The molecule has 2 atom stereocenters. The summed E-state index contributed by atoms with van der Waals surface area (Å²) in [6.45, 7) is 0. The molecule has 0 aliphatic heterocycles. The van der Waals surface area contributed by atoms with E-state index in [0.29, 0.717) is 5.25 Å². The van der Waals surface area contributed by atoms with Crippen molar-refractivity contribution in [2.75, 3.05) is 0 Å². The second kappa shape index (κ2) is 4.48. The van der Waals surface area contributed by atoms with E-state index in [2.05, 4.69) is 8.62 Å². The molecule has 14 heteroatoms. The van der Waals surface area contributed by atoms with E-state index in [1.807, 2.05) is 0 Å². The molecule has 86 valence electrons. The second-order valence-electron chi connectivity index (χ2n) is 1.74. The van der Waals surface area contributed by atoms with Gasteiger partial charge in [-0.05, 0) is 0 Å². The molecule has 0 heterocycles. The van der Waals surface area contributed by atoms with Crippen LogP contribution in [0.5, 0.6) is 0 Å². The fourth-order valence-corrected chi connectivity index (χ4v) is 3.04. The Morgan fingerprint density at radius 3 is 1.64 bits per heavy atom. The summed E-state index contributed by atoms with van der Waals surface area (Å²) in [4.78, 5) is 32.9. The molecular formula is H6NO10P3. The van der Waals surface area contributed by atoms with Crippen LogP contribution in [0.25, 0.3) is 0 Å². The highest BCUT2D eigenvalue weighted by atomic mass is 31.3. The lowest BCUT2D eigenvalue weighted by Gasteiger charge is -2.14. The van der Waals surface area contributed by atoms with Crippen LogP contribution >= 0.6 is 23.4 Å². The smallest absolute Gasteiger partial charge is 0.311 e. The Kier molecular flexibility index (Phi) is 4.60. The first kappa shape index (κ1) is 14.4. The Morgan fingerprint density at radius 1 is 0.929 bits per heavy atom. The van der Waals surface area contributed by atoms with Crippen molar-refractivity contribution in [1.82, 2.24) is 5.25 Å². The van der Waals surface area contributed by atoms with Gasteiger partial charge < -0.3 is 24.8 Å². The molecule has 0 aromatic rings. The van der Waals surface area contributed by atoms with E-state index < -0.39 is 23.4 Å². The minimum absolute atomic E-state index is 0.607. The molecule has 14 heavy (non-hydrogen) atoms. The van der Waals surface area contributed by atoms with Crippen molar-refractivity contribution in [3.8, 4) is 0 Å². The summed E-state index contributed by atoms with van der Waals surface area (Å²) in [6.07, 6.45) is 0. The van der Waals surface area contributed by atoms with E-state index in [1.165, 1.54) is 0 Å². The average molecular weight is 273 g/mol. The molecule has 0 aliphatic rings. The number of hydrogen-bond donors (Lipinski definition) is 6. The fraction of sp³-hybridized carbons (Fsp3) is 0. The second-order valence-corrected chi connectivity index (χ2v) is 6.21. The third-order valence-corrected chi connectivity index (χ3v) is 4.19. The van der Waals surface area contributed by atoms with Gasteiger partial charge in [0, 0.05) is 0 Å². The highest BCUT2D eigenvalue weighted by Crippen LogP contribution is 2.64. The van der Waals surface area contributed by atoms with Gasteiger partial charge in [-0.2, -0.15) is 8.62 Å². The van der Waals surface area contributed by atoms with Crippen LogP contribution in [0.15, 0.2) is 0 Å². The highest BCUT2D eigenvalue weighted by Gasteiger charge is 2.39. The van der Waals surface area contributed by atoms with Crippen LogP contribution in [0.3, 0.4) is 0 Å². The zero-order valence-corrected chi connectivity index (χ0v) is 8.80. The summed E-state index contributed by atoms with van der Waals surface area (Å²) in [7, 11) is -15.9. The van der Waals surface area contributed by atoms with Crippen molar-refractivity contribution in [2.45, 2.75) is 0 Å². The van der Waals surface area contributed by atoms with Crippen LogP contribution in [0.1, 0.15) is 0 Å². The van der Waals surface area contributed by atoms with E-state index in [0.717, 1.165) is 0 Å². The van der Waals surface area contributed by atoms with E-state index >= 15 is 0 Å². The van der Waals surface area contributed by atoms with Crippen LogP contribution in [-0.2, 0) is 22.3 Å². The first-order chi connectivity index (χ1) is 5.97. The summed E-state index contributed by atoms with van der Waals surface area (Å²) < 4.78 is 37.4. The van der Waals surface area contributed by atoms with Crippen molar-refractivity contribution in [2.24, 2.45) is 0 Å². The van der Waals surface area contributed by atoms with Crippen molar-refractivity contribution in [1.29, 1.82) is 0 Å². The normalized spacial score (nSPS) is 21.2. The van der Waals surface area contributed by atoms with E-state index in [-0.39, 0.29) is 0 Å². The van der Waals surface area contributed by atoms with Gasteiger partial charge in [-0.3, -0.25) is 0 Å². The van der Waals surface area contributed by atoms with Crippen molar-refractivity contribution in [3.05, 3.63) is 0 Å². The Balaban J connectivity index is 4.60. The van der Waals surface area contributed by atoms with Crippen molar-refractivity contribution < 1.29 is 47.1 Å². The minimum Gasteiger partial charge on any atom is -0.311 e. The number of phosphoric acid groups is 2. The lowest BCUT2D eigenvalue weighted by Crippen LogP contribution is -2.05. The van der Waals surface area contributed by atoms with Crippen LogP contribution in [-0.4, -0.2) is 24.8 Å². The van der Waals surface area contributed by atoms with Gasteiger partial charge in [0.1, 0.15) is 0 Å². The lowest BCUT2D eigenvalue weighted by atomic mass is 13.5. The molecule has 0 radical (unpaired) electrons. The molecule has 0 aliphatic carbocycles. The van der Waals surface area contributed by atoms with Crippen LogP contribution in [0, 0.1) is 0 Å². The third-order valence-electron chi connectivity index (χ3n) is 0.550. The number of rotatable bonds is 5. The molecule has 0 saturated heterocycles. The predicted octanol–water partition coefficient (Wildman–Crippen LogP) is -0.708. The van der Waals surface area contributed by atoms with E-state index in [4.69, 9.17) is 24.8 Å². The monoisotopic (exact) mass is 273 g/mol. The Morgan fingerprint density at radius 2 is 1.36 bits per heavy atom. The molecular weight excluding hydrogens is 267 g/mol. The zero-order chi connectivity index (χ0) is 11.6. The van der Waals surface area contributed by atoms with Gasteiger partial charge in [-0.1, -0.05) is 0 Å². The standard InChI is InChI=1S/H6NO10P3/c2-1-12(3,4)10-14(8,9)11-13(5,6)7/h2H,(H,8,9)(H2,1,3,4)(H2,5,6,7). The van der Waals surface area contributed by atoms with Gasteiger partial charge in [0.15, 0.2) is 0 Å². The lowest BCUT2D eigenvalue weighted by molar-refractivity contribution is 0.177. The molecule has 0 amide bonds. The molecule has 0 aromatic heterocycles. The maximum Gasteiger partial charge on any atom is 0.489 e. The van der Waals surface area contributed by atoms with Gasteiger partial charge in [0.2, 0.25) is 0 Å². The molecule has 2 unspecified atom stereocenters. The highest BCUT2D eigenvalue weighted by molar-refractivity contribution is 7.67. The maximum atomic E-state index is 10.5. The topological polar surface area (TPSA) is 183 Å². The molecule has 11 nitrogen and oxygen atoms in total. The molecule has 6 N–H and O–H groups in total. The zero-order valence-electron chi connectivity index (χ0n) is 6.12. The van der Waals surface area contributed by atoms with Gasteiger partial charge in [-0.25, -0.2) is 13.7 Å². The first-order valence-electron chi connectivity index (χ1n) is 2.53. The van der Waals surface area contributed by atoms with Crippen LogP contribution in [0.4, 0.5) is 0 Å². The van der Waals surface area contributed by atoms with Gasteiger partial charge >= 0.3 is 23.4 Å². The Bertz CT molecular complexity index is 324. The van der Waals surface area contributed by atoms with Crippen molar-refractivity contribution >= 4 is 23.4 Å². The summed E-state index contributed by atoms with van der Waals surface area (Å²) >= 11 is 0. The van der Waals surface area contributed by atoms with E-state index in [9.17, 15) is 13.7 Å². The first-order valence-corrected chi connectivity index (χ1v) is 7.13. The molecule has 0 aromatic carbocycles. The Labute approximate surface area is 76.7 Å². The minimum atomic E-state index is -5.45. The summed E-state index contributed by atoms with van der Waals surface area (Å²) in [5, 5.41) is 8.49. The Hall–Kier alpha value is 0.370. The number of hydrogen-bond acceptors (Lipinski definition) is 6. The summed E-state index contributed by atoms with van der Waals surface area (Å²) in [5.41, 5.74) is 0. The van der Waals surface area contributed by atoms with Gasteiger partial charge in [0.05, 0.1) is 0 Å². The third kappa shape index (κ3) is 6.77. The molecule has 0 fully saturated rings. The number of nitrogens with one attached hydrogen (secondary N) is 1. The van der Waals surface area contributed by atoms with Crippen LogP contribution in [0.2, 0.25) is 0 Å². The molecule has 0 spiro atoms. The summed E-state index contributed by atoms with van der Waals surface area (Å²) in [6, 6.07) is 0. The van der Waals surface area contributed by atoms with E-state index in [1.54, 1.807) is 0 Å². The molecule has 0 bridgehead atoms. The molecule has 0 rings (SSSR count). The average Bonchev–Trinajstić information content (AvgIpc) is 1.78. The molecule has 0 saturated carbocycles. The van der Waals surface area contributed by atoms with Gasteiger partial charge in [-0.15, -0.1) is 5.25 Å². The SMILES string of the molecule is O=P(O)(O)OP(=O)(O)OP(=O)(O)NO. The van der Waals surface area contributed by atoms with Crippen LogP contribution < -0.4 is 5.25 Å². The fourth-order valence-electron chi connectivity index (χ4n) is 0.307. The van der Waals surface area contributed by atoms with Crippen molar-refractivity contribution in [3.63, 3.8) is 0 Å². The largest absolute Gasteiger partial charge is 0.489 e. The quantitative estimate of drug-likeness (QED) is 0.274.